The summed E-state index contributed by atoms with van der Waals surface area (Å²) >= 11 is 0. The molecule has 0 bridgehead atoms. The Kier molecular flexibility index (Phi) is 57.0. The zero-order valence-corrected chi connectivity index (χ0v) is 51.5. The van der Waals surface area contributed by atoms with E-state index in [1.807, 2.05) is 21.1 Å². The molecule has 0 aliphatic heterocycles. The topological polar surface area (TPSA) is 108 Å². The van der Waals surface area contributed by atoms with E-state index in [0.29, 0.717) is 23.9 Å². The van der Waals surface area contributed by atoms with Crippen molar-refractivity contribution in [3.8, 4) is 0 Å². The highest BCUT2D eigenvalue weighted by atomic mass is 16.7. The van der Waals surface area contributed by atoms with Crippen molar-refractivity contribution < 1.29 is 42.9 Å². The second kappa shape index (κ2) is 60.1. The molecule has 0 aliphatic carbocycles. The molecular weight excluding hydrogens is 983 g/mol. The van der Waals surface area contributed by atoms with Crippen molar-refractivity contribution in [2.24, 2.45) is 0 Å². The monoisotopic (exact) mass is 1100 g/mol. The molecule has 0 amide bonds. The molecule has 0 aromatic rings. The van der Waals surface area contributed by atoms with Gasteiger partial charge in [-0.25, -0.2) is 4.79 Å². The number of carbonyl (C=O) groups is 3. The fourth-order valence-corrected chi connectivity index (χ4v) is 8.65. The summed E-state index contributed by atoms with van der Waals surface area (Å²) in [6, 6.07) is 0. The molecule has 0 saturated heterocycles. The number of quaternary nitrogens is 1. The van der Waals surface area contributed by atoms with E-state index < -0.39 is 24.3 Å². The number of hydrogen-bond donors (Lipinski definition) is 1. The molecular formula is C70H120NO8+. The van der Waals surface area contributed by atoms with Crippen LogP contribution in [-0.4, -0.2) is 87.4 Å². The molecule has 0 spiro atoms. The molecule has 0 fully saturated rings. The van der Waals surface area contributed by atoms with Gasteiger partial charge in [0.2, 0.25) is 0 Å². The molecule has 0 aromatic heterocycles. The summed E-state index contributed by atoms with van der Waals surface area (Å²) in [7, 11) is 5.97. The van der Waals surface area contributed by atoms with Gasteiger partial charge >= 0.3 is 17.9 Å². The van der Waals surface area contributed by atoms with Gasteiger partial charge in [0.25, 0.3) is 6.29 Å². The highest BCUT2D eigenvalue weighted by Gasteiger charge is 2.25. The molecule has 1 N–H and O–H groups in total. The third-order valence-electron chi connectivity index (χ3n) is 13.5. The average molecular weight is 1100 g/mol. The largest absolute Gasteiger partial charge is 0.477 e. The summed E-state index contributed by atoms with van der Waals surface area (Å²) < 4.78 is 22.9. The summed E-state index contributed by atoms with van der Waals surface area (Å²) in [5.74, 6) is -2.01. The van der Waals surface area contributed by atoms with Gasteiger partial charge in [0, 0.05) is 12.8 Å². The van der Waals surface area contributed by atoms with Gasteiger partial charge in [-0.3, -0.25) is 9.59 Å². The Morgan fingerprint density at radius 1 is 0.392 bits per heavy atom. The van der Waals surface area contributed by atoms with E-state index >= 15 is 0 Å². The summed E-state index contributed by atoms with van der Waals surface area (Å²) in [6.45, 7) is 4.77. The van der Waals surface area contributed by atoms with Gasteiger partial charge in [-0.1, -0.05) is 271 Å². The highest BCUT2D eigenvalue weighted by Crippen LogP contribution is 2.16. The van der Waals surface area contributed by atoms with Crippen LogP contribution in [0.1, 0.15) is 258 Å². The smallest absolute Gasteiger partial charge is 0.361 e. The quantitative estimate of drug-likeness (QED) is 0.0211. The van der Waals surface area contributed by atoms with Crippen molar-refractivity contribution >= 4 is 17.9 Å². The van der Waals surface area contributed by atoms with Crippen LogP contribution in [0.2, 0.25) is 0 Å². The predicted octanol–water partition coefficient (Wildman–Crippen LogP) is 19.5. The Labute approximate surface area is 485 Å². The summed E-state index contributed by atoms with van der Waals surface area (Å²) in [6.07, 6.45) is 80.4. The van der Waals surface area contributed by atoms with Crippen LogP contribution < -0.4 is 0 Å². The first kappa shape index (κ1) is 75.0. The van der Waals surface area contributed by atoms with Crippen LogP contribution in [0.5, 0.6) is 0 Å². The normalized spacial score (nSPS) is 13.5. The van der Waals surface area contributed by atoms with Crippen LogP contribution in [0.15, 0.2) is 109 Å². The summed E-state index contributed by atoms with van der Waals surface area (Å²) in [4.78, 5) is 37.4. The lowest BCUT2D eigenvalue weighted by molar-refractivity contribution is -0.870. The molecule has 9 nitrogen and oxygen atoms in total. The van der Waals surface area contributed by atoms with Crippen molar-refractivity contribution in [1.29, 1.82) is 0 Å². The maximum Gasteiger partial charge on any atom is 0.361 e. The number of carboxylic acids is 1. The number of allylic oxidation sites excluding steroid dienone is 18. The molecule has 0 radical (unpaired) electrons. The van der Waals surface area contributed by atoms with Gasteiger partial charge < -0.3 is 28.5 Å². The van der Waals surface area contributed by atoms with Gasteiger partial charge in [0.15, 0.2) is 6.10 Å². The van der Waals surface area contributed by atoms with E-state index in [1.54, 1.807) is 0 Å². The third-order valence-corrected chi connectivity index (χ3v) is 13.5. The third kappa shape index (κ3) is 61.4. The average Bonchev–Trinajstić information content (AvgIpc) is 3.42. The van der Waals surface area contributed by atoms with E-state index in [-0.39, 0.29) is 32.2 Å². The SMILES string of the molecule is CC/C=C\C/C=C\C/C=C\C/C=C\C/C=C\C/C=C\C/C=C\C/C=C\C/C=C\CCCCCCCCCCCCCC(=O)OC(COC(=O)CCCCCCCCCCCCCCCCC)COC(OCC[N+](C)(C)C)C(=O)O. The van der Waals surface area contributed by atoms with Crippen molar-refractivity contribution in [2.45, 2.75) is 270 Å². The number of ether oxygens (including phenoxy) is 4. The highest BCUT2D eigenvalue weighted by molar-refractivity contribution is 5.71. The minimum absolute atomic E-state index is 0.184. The van der Waals surface area contributed by atoms with E-state index in [4.69, 9.17) is 18.9 Å². The Morgan fingerprint density at radius 2 is 0.722 bits per heavy atom. The lowest BCUT2D eigenvalue weighted by Crippen LogP contribution is -2.40. The zero-order valence-electron chi connectivity index (χ0n) is 51.5. The Bertz CT molecular complexity index is 1660. The van der Waals surface area contributed by atoms with Gasteiger partial charge in [0.05, 0.1) is 34.4 Å². The molecule has 9 heteroatoms. The molecule has 0 saturated carbocycles. The minimum atomic E-state index is -1.51. The van der Waals surface area contributed by atoms with Crippen LogP contribution >= 0.6 is 0 Å². The number of carbonyl (C=O) groups excluding carboxylic acids is 2. The van der Waals surface area contributed by atoms with Crippen molar-refractivity contribution in [3.63, 3.8) is 0 Å². The van der Waals surface area contributed by atoms with Gasteiger partial charge in [-0.15, -0.1) is 0 Å². The first-order valence-corrected chi connectivity index (χ1v) is 32.1. The molecule has 79 heavy (non-hydrogen) atoms. The number of esters is 2. The van der Waals surface area contributed by atoms with Crippen LogP contribution in [0.25, 0.3) is 0 Å². The van der Waals surface area contributed by atoms with Crippen molar-refractivity contribution in [1.82, 2.24) is 0 Å². The number of nitrogens with zero attached hydrogens (tertiary/aromatic N) is 1. The maximum absolute atomic E-state index is 12.9. The first-order valence-electron chi connectivity index (χ1n) is 32.1. The lowest BCUT2D eigenvalue weighted by atomic mass is 10.0. The van der Waals surface area contributed by atoms with E-state index in [1.165, 1.54) is 122 Å². The Balaban J connectivity index is 4.12. The predicted molar refractivity (Wildman–Crippen MR) is 336 cm³/mol. The minimum Gasteiger partial charge on any atom is -0.477 e. The number of likely N-dealkylation sites (N-methyl/N-ethyl adjacent to an activating group) is 1. The molecule has 2 unspecified atom stereocenters. The summed E-state index contributed by atoms with van der Waals surface area (Å²) in [5, 5.41) is 9.71. The summed E-state index contributed by atoms with van der Waals surface area (Å²) in [5.41, 5.74) is 0. The molecule has 0 aliphatic rings. The second-order valence-corrected chi connectivity index (χ2v) is 22.3. The van der Waals surface area contributed by atoms with Crippen LogP contribution in [0.3, 0.4) is 0 Å². The van der Waals surface area contributed by atoms with Crippen molar-refractivity contribution in [2.75, 3.05) is 47.5 Å². The van der Waals surface area contributed by atoms with Crippen LogP contribution in [0.4, 0.5) is 0 Å². The zero-order chi connectivity index (χ0) is 57.6. The van der Waals surface area contributed by atoms with Gasteiger partial charge in [-0.2, -0.15) is 0 Å². The maximum atomic E-state index is 12.9. The molecule has 452 valence electrons. The number of carboxylic acid groups (broad SMARTS) is 1. The van der Waals surface area contributed by atoms with E-state index in [2.05, 4.69) is 123 Å². The fourth-order valence-electron chi connectivity index (χ4n) is 8.65. The number of unbranched alkanes of at least 4 members (excludes halogenated alkanes) is 25. The molecule has 0 heterocycles. The van der Waals surface area contributed by atoms with E-state index in [0.717, 1.165) is 103 Å². The Hall–Kier alpha value is -4.05. The van der Waals surface area contributed by atoms with Gasteiger partial charge in [-0.05, 0) is 83.5 Å². The van der Waals surface area contributed by atoms with E-state index in [9.17, 15) is 19.5 Å². The van der Waals surface area contributed by atoms with Crippen LogP contribution in [0, 0.1) is 0 Å². The number of rotatable bonds is 58. The van der Waals surface area contributed by atoms with Crippen molar-refractivity contribution in [3.05, 3.63) is 109 Å². The number of aliphatic carboxylic acids is 1. The molecule has 0 rings (SSSR count). The fraction of sp³-hybridized carbons (Fsp3) is 0.700. The molecule has 2 atom stereocenters. The first-order chi connectivity index (χ1) is 38.6. The standard InChI is InChI=1S/C70H119NO8/c1-6-8-10-12-14-16-18-20-22-23-24-25-26-27-28-29-30-31-32-33-34-35-36-37-38-39-40-41-42-43-44-45-47-49-51-53-55-57-59-61-68(73)79-66(65-78-70(69(74)75)76-63-62-71(3,4)5)64-77-67(72)60-58-56-54-52-50-48-46-21-19-17-15-13-11-9-7-2/h8,10,14,16,20,22,24-25,27-28,30-31,33-34,36-37,39-40,66,70H,6-7,9,11-13,15,17-19,21,23,26,29,32,35,38,41-65H2,1-5H3/p+1/b10-8-,16-14-,22-20-,25-24-,28-27-,31-30-,34-33-,37-36-,40-39-. The van der Waals surface area contributed by atoms with Gasteiger partial charge in [0.1, 0.15) is 13.2 Å². The molecule has 0 aromatic carbocycles. The van der Waals surface area contributed by atoms with Crippen LogP contribution in [-0.2, 0) is 33.3 Å². The lowest BCUT2D eigenvalue weighted by Gasteiger charge is -2.25. The Morgan fingerprint density at radius 3 is 1.08 bits per heavy atom. The number of hydrogen-bond acceptors (Lipinski definition) is 7. The second-order valence-electron chi connectivity index (χ2n) is 22.3.